The third-order valence-electron chi connectivity index (χ3n) is 3.55. The van der Waals surface area contributed by atoms with Gasteiger partial charge < -0.3 is 4.90 Å². The molecule has 3 aromatic rings. The normalized spacial score (nSPS) is 10.3. The Kier molecular flexibility index (Phi) is 4.74. The molecule has 0 bridgehead atoms. The first-order chi connectivity index (χ1) is 11.3. The van der Waals surface area contributed by atoms with Gasteiger partial charge in [-0.05, 0) is 35.4 Å². The van der Waals surface area contributed by atoms with Crippen LogP contribution in [0.3, 0.4) is 0 Å². The topological polar surface area (TPSA) is 46.1 Å². The Balaban J connectivity index is 1.85. The lowest BCUT2D eigenvalue weighted by Gasteiger charge is -2.23. The summed E-state index contributed by atoms with van der Waals surface area (Å²) in [7, 11) is 0. The predicted octanol–water partition coefficient (Wildman–Crippen LogP) is 3.32. The molecule has 0 unspecified atom stereocenters. The highest BCUT2D eigenvalue weighted by Crippen LogP contribution is 2.13. The van der Waals surface area contributed by atoms with E-state index in [-0.39, 0.29) is 5.91 Å². The van der Waals surface area contributed by atoms with Crippen LogP contribution >= 0.6 is 0 Å². The van der Waals surface area contributed by atoms with Crippen LogP contribution in [0.4, 0.5) is 0 Å². The smallest absolute Gasteiger partial charge is 0.254 e. The van der Waals surface area contributed by atoms with Gasteiger partial charge in [-0.25, -0.2) is 0 Å². The molecule has 0 saturated heterocycles. The molecule has 0 fully saturated rings. The van der Waals surface area contributed by atoms with Gasteiger partial charge in [0.25, 0.3) is 5.91 Å². The molecule has 0 aliphatic heterocycles. The number of amides is 1. The number of hydrogen-bond donors (Lipinski definition) is 0. The van der Waals surface area contributed by atoms with Gasteiger partial charge in [0, 0.05) is 43.4 Å². The standard InChI is InChI=1S/C19H17N3O/c23-19(18-8-12-21-13-9-18)22(14-16-4-2-1-3-5-16)15-17-6-10-20-11-7-17/h1-13H,14-15H2. The summed E-state index contributed by atoms with van der Waals surface area (Å²) < 4.78 is 0. The molecule has 0 aliphatic carbocycles. The third-order valence-corrected chi connectivity index (χ3v) is 3.55. The van der Waals surface area contributed by atoms with Crippen LogP contribution in [0, 0.1) is 0 Å². The zero-order valence-corrected chi connectivity index (χ0v) is 12.7. The number of aromatic nitrogens is 2. The number of carbonyl (C=O) groups is 1. The van der Waals surface area contributed by atoms with E-state index in [2.05, 4.69) is 9.97 Å². The van der Waals surface area contributed by atoms with Crippen LogP contribution in [0.15, 0.2) is 79.4 Å². The molecule has 3 rings (SSSR count). The second-order valence-corrected chi connectivity index (χ2v) is 5.24. The molecule has 0 spiro atoms. The first-order valence-electron chi connectivity index (χ1n) is 7.45. The average molecular weight is 303 g/mol. The van der Waals surface area contributed by atoms with E-state index in [4.69, 9.17) is 0 Å². The molecule has 0 N–H and O–H groups in total. The maximum atomic E-state index is 12.8. The maximum Gasteiger partial charge on any atom is 0.254 e. The summed E-state index contributed by atoms with van der Waals surface area (Å²) in [6.45, 7) is 1.10. The summed E-state index contributed by atoms with van der Waals surface area (Å²) in [6.07, 6.45) is 6.76. The van der Waals surface area contributed by atoms with Crippen LogP contribution < -0.4 is 0 Å². The number of pyridine rings is 2. The Morgan fingerprint density at radius 2 is 1.26 bits per heavy atom. The fourth-order valence-electron chi connectivity index (χ4n) is 2.39. The lowest BCUT2D eigenvalue weighted by atomic mass is 10.1. The van der Waals surface area contributed by atoms with Crippen LogP contribution in [-0.2, 0) is 13.1 Å². The fourth-order valence-corrected chi connectivity index (χ4v) is 2.39. The Morgan fingerprint density at radius 1 is 0.739 bits per heavy atom. The van der Waals surface area contributed by atoms with Crippen molar-refractivity contribution in [3.63, 3.8) is 0 Å². The summed E-state index contributed by atoms with van der Waals surface area (Å²) >= 11 is 0. The van der Waals surface area contributed by atoms with Gasteiger partial charge in [0.05, 0.1) is 0 Å². The molecule has 2 aromatic heterocycles. The van der Waals surface area contributed by atoms with Gasteiger partial charge in [-0.3, -0.25) is 14.8 Å². The molecule has 114 valence electrons. The number of hydrogen-bond acceptors (Lipinski definition) is 3. The van der Waals surface area contributed by atoms with E-state index in [1.165, 1.54) is 0 Å². The minimum absolute atomic E-state index is 0.00642. The van der Waals surface area contributed by atoms with Gasteiger partial charge in [-0.2, -0.15) is 0 Å². The van der Waals surface area contributed by atoms with Crippen molar-refractivity contribution in [1.29, 1.82) is 0 Å². The van der Waals surface area contributed by atoms with Crippen LogP contribution in [0.2, 0.25) is 0 Å². The molecule has 4 nitrogen and oxygen atoms in total. The van der Waals surface area contributed by atoms with Crippen LogP contribution in [0.1, 0.15) is 21.5 Å². The zero-order chi connectivity index (χ0) is 15.9. The molecule has 0 saturated carbocycles. The largest absolute Gasteiger partial charge is 0.330 e. The van der Waals surface area contributed by atoms with E-state index < -0.39 is 0 Å². The van der Waals surface area contributed by atoms with Gasteiger partial charge in [0.15, 0.2) is 0 Å². The lowest BCUT2D eigenvalue weighted by molar-refractivity contribution is 0.0730. The second-order valence-electron chi connectivity index (χ2n) is 5.24. The molecule has 0 atom stereocenters. The van der Waals surface area contributed by atoms with Crippen molar-refractivity contribution in [3.05, 3.63) is 96.1 Å². The number of nitrogens with zero attached hydrogens (tertiary/aromatic N) is 3. The fraction of sp³-hybridized carbons (Fsp3) is 0.105. The van der Waals surface area contributed by atoms with E-state index in [9.17, 15) is 4.79 Å². The van der Waals surface area contributed by atoms with E-state index in [0.29, 0.717) is 18.7 Å². The van der Waals surface area contributed by atoms with E-state index >= 15 is 0 Å². The minimum Gasteiger partial charge on any atom is -0.330 e. The Labute approximate surface area is 135 Å². The Morgan fingerprint density at radius 3 is 1.87 bits per heavy atom. The van der Waals surface area contributed by atoms with E-state index in [0.717, 1.165) is 11.1 Å². The van der Waals surface area contributed by atoms with Gasteiger partial charge in [-0.15, -0.1) is 0 Å². The van der Waals surface area contributed by atoms with Gasteiger partial charge >= 0.3 is 0 Å². The van der Waals surface area contributed by atoms with Gasteiger partial charge in [0.2, 0.25) is 0 Å². The average Bonchev–Trinajstić information content (AvgIpc) is 2.63. The zero-order valence-electron chi connectivity index (χ0n) is 12.7. The monoisotopic (exact) mass is 303 g/mol. The quantitative estimate of drug-likeness (QED) is 0.726. The van der Waals surface area contributed by atoms with Crippen molar-refractivity contribution in [2.45, 2.75) is 13.1 Å². The second kappa shape index (κ2) is 7.31. The highest BCUT2D eigenvalue weighted by atomic mass is 16.2. The number of benzene rings is 1. The summed E-state index contributed by atoms with van der Waals surface area (Å²) in [4.78, 5) is 22.7. The highest BCUT2D eigenvalue weighted by Gasteiger charge is 2.16. The van der Waals surface area contributed by atoms with Gasteiger partial charge in [0.1, 0.15) is 0 Å². The third kappa shape index (κ3) is 4.01. The molecule has 2 heterocycles. The predicted molar refractivity (Wildman–Crippen MR) is 88.5 cm³/mol. The molecule has 1 amide bonds. The summed E-state index contributed by atoms with van der Waals surface area (Å²) in [6, 6.07) is 17.3. The van der Waals surface area contributed by atoms with Crippen LogP contribution in [0.25, 0.3) is 0 Å². The molecule has 23 heavy (non-hydrogen) atoms. The minimum atomic E-state index is -0.00642. The van der Waals surface area contributed by atoms with E-state index in [1.807, 2.05) is 47.4 Å². The maximum absolute atomic E-state index is 12.8. The number of rotatable bonds is 5. The van der Waals surface area contributed by atoms with Crippen molar-refractivity contribution in [1.82, 2.24) is 14.9 Å². The van der Waals surface area contributed by atoms with E-state index in [1.54, 1.807) is 36.9 Å². The summed E-state index contributed by atoms with van der Waals surface area (Å²) in [5, 5.41) is 0. The van der Waals surface area contributed by atoms with Crippen LogP contribution in [0.5, 0.6) is 0 Å². The molecule has 0 radical (unpaired) electrons. The van der Waals surface area contributed by atoms with Crippen molar-refractivity contribution < 1.29 is 4.79 Å². The molecule has 4 heteroatoms. The van der Waals surface area contributed by atoms with Crippen molar-refractivity contribution in [2.24, 2.45) is 0 Å². The first-order valence-corrected chi connectivity index (χ1v) is 7.45. The van der Waals surface area contributed by atoms with Crippen molar-refractivity contribution in [3.8, 4) is 0 Å². The summed E-state index contributed by atoms with van der Waals surface area (Å²) in [5.41, 5.74) is 2.80. The molecular formula is C19H17N3O. The SMILES string of the molecule is O=C(c1ccncc1)N(Cc1ccccc1)Cc1ccncc1. The lowest BCUT2D eigenvalue weighted by Crippen LogP contribution is -2.30. The number of carbonyl (C=O) groups excluding carboxylic acids is 1. The molecule has 1 aromatic carbocycles. The summed E-state index contributed by atoms with van der Waals surface area (Å²) in [5.74, 6) is -0.00642. The highest BCUT2D eigenvalue weighted by molar-refractivity contribution is 5.94. The van der Waals surface area contributed by atoms with Crippen LogP contribution in [-0.4, -0.2) is 20.8 Å². The molecule has 0 aliphatic rings. The van der Waals surface area contributed by atoms with Crippen molar-refractivity contribution >= 4 is 5.91 Å². The first kappa shape index (κ1) is 14.9. The Bertz CT molecular complexity index is 704. The Hall–Kier alpha value is -3.01. The van der Waals surface area contributed by atoms with Gasteiger partial charge in [-0.1, -0.05) is 30.3 Å². The molecular weight excluding hydrogens is 286 g/mol. The van der Waals surface area contributed by atoms with Crippen molar-refractivity contribution in [2.75, 3.05) is 0 Å².